The Morgan fingerprint density at radius 1 is 1.33 bits per heavy atom. The van der Waals surface area contributed by atoms with Crippen LogP contribution in [0.4, 0.5) is 0 Å². The molecule has 0 N–H and O–H groups in total. The number of hydrogen-bond donors (Lipinski definition) is 0. The van der Waals surface area contributed by atoms with Crippen LogP contribution in [0.15, 0.2) is 0 Å². The Labute approximate surface area is 74.8 Å². The van der Waals surface area contributed by atoms with Crippen LogP contribution in [0.5, 0.6) is 0 Å². The van der Waals surface area contributed by atoms with Gasteiger partial charge in [-0.25, -0.2) is 0 Å². The second-order valence-electron chi connectivity index (χ2n) is 5.34. The maximum atomic E-state index is 8.96. The summed E-state index contributed by atoms with van der Waals surface area (Å²) >= 11 is 0. The summed E-state index contributed by atoms with van der Waals surface area (Å²) in [5.41, 5.74) is 0.735. The molecule has 0 aromatic rings. The molecular formula is C11H17N. The predicted octanol–water partition coefficient (Wildman–Crippen LogP) is 3.12. The quantitative estimate of drug-likeness (QED) is 0.613. The molecule has 0 atom stereocenters. The zero-order valence-corrected chi connectivity index (χ0v) is 8.06. The minimum atomic E-state index is 0.134. The first-order valence-electron chi connectivity index (χ1n) is 5.01. The lowest BCUT2D eigenvalue weighted by Gasteiger charge is -2.44. The average molecular weight is 163 g/mol. The zero-order valence-electron chi connectivity index (χ0n) is 8.06. The Hall–Kier alpha value is -0.510. The van der Waals surface area contributed by atoms with Gasteiger partial charge in [0.05, 0.1) is 11.5 Å². The van der Waals surface area contributed by atoms with Crippen molar-refractivity contribution in [1.29, 1.82) is 5.26 Å². The SMILES string of the molecule is CC(C)CC12CCC(C#N)(C1)C2. The second kappa shape index (κ2) is 2.25. The summed E-state index contributed by atoms with van der Waals surface area (Å²) in [4.78, 5) is 0. The highest BCUT2D eigenvalue weighted by Crippen LogP contribution is 2.68. The van der Waals surface area contributed by atoms with Crippen molar-refractivity contribution in [1.82, 2.24) is 0 Å². The molecule has 1 nitrogen and oxygen atoms in total. The fraction of sp³-hybridized carbons (Fsp3) is 0.909. The summed E-state index contributed by atoms with van der Waals surface area (Å²) in [5.74, 6) is 0.805. The molecule has 66 valence electrons. The van der Waals surface area contributed by atoms with Crippen molar-refractivity contribution < 1.29 is 0 Å². The van der Waals surface area contributed by atoms with Crippen molar-refractivity contribution in [2.24, 2.45) is 16.7 Å². The van der Waals surface area contributed by atoms with Gasteiger partial charge in [-0.2, -0.15) is 5.26 Å². The van der Waals surface area contributed by atoms with Crippen LogP contribution in [-0.2, 0) is 0 Å². The molecule has 0 heterocycles. The number of fused-ring (bicyclic) bond motifs is 1. The molecule has 0 aromatic carbocycles. The minimum Gasteiger partial charge on any atom is -0.198 e. The molecule has 2 bridgehead atoms. The van der Waals surface area contributed by atoms with Crippen LogP contribution in [0.25, 0.3) is 0 Å². The van der Waals surface area contributed by atoms with Gasteiger partial charge in [0.25, 0.3) is 0 Å². The fourth-order valence-corrected chi connectivity index (χ4v) is 3.49. The minimum absolute atomic E-state index is 0.134. The zero-order chi connectivity index (χ0) is 8.82. The highest BCUT2D eigenvalue weighted by atomic mass is 14.6. The molecule has 0 amide bonds. The second-order valence-corrected chi connectivity index (χ2v) is 5.34. The van der Waals surface area contributed by atoms with E-state index in [9.17, 15) is 0 Å². The Kier molecular flexibility index (Phi) is 1.52. The third-order valence-electron chi connectivity index (χ3n) is 3.64. The molecule has 0 aromatic heterocycles. The third kappa shape index (κ3) is 0.975. The highest BCUT2D eigenvalue weighted by molar-refractivity contribution is 5.19. The van der Waals surface area contributed by atoms with Gasteiger partial charge >= 0.3 is 0 Å². The van der Waals surface area contributed by atoms with E-state index in [1.165, 1.54) is 32.1 Å². The first-order chi connectivity index (χ1) is 5.60. The van der Waals surface area contributed by atoms with Gasteiger partial charge in [-0.15, -0.1) is 0 Å². The van der Waals surface area contributed by atoms with E-state index in [4.69, 9.17) is 5.26 Å². The van der Waals surface area contributed by atoms with Crippen LogP contribution in [0, 0.1) is 28.1 Å². The van der Waals surface area contributed by atoms with Crippen molar-refractivity contribution in [3.63, 3.8) is 0 Å². The lowest BCUT2D eigenvalue weighted by Crippen LogP contribution is -2.37. The summed E-state index contributed by atoms with van der Waals surface area (Å²) in [6.45, 7) is 4.58. The summed E-state index contributed by atoms with van der Waals surface area (Å²) < 4.78 is 0. The van der Waals surface area contributed by atoms with Gasteiger partial charge in [0, 0.05) is 0 Å². The Balaban J connectivity index is 2.01. The predicted molar refractivity (Wildman–Crippen MR) is 48.4 cm³/mol. The van der Waals surface area contributed by atoms with Gasteiger partial charge in [-0.3, -0.25) is 0 Å². The summed E-state index contributed by atoms with van der Waals surface area (Å²) in [5, 5.41) is 8.96. The van der Waals surface area contributed by atoms with Gasteiger partial charge in [-0.05, 0) is 43.4 Å². The van der Waals surface area contributed by atoms with Gasteiger partial charge in [0.1, 0.15) is 0 Å². The van der Waals surface area contributed by atoms with E-state index in [0.717, 1.165) is 5.92 Å². The Morgan fingerprint density at radius 3 is 2.42 bits per heavy atom. The molecule has 3 saturated carbocycles. The number of rotatable bonds is 2. The molecule has 3 aliphatic rings. The normalized spacial score (nSPS) is 44.2. The number of hydrogen-bond acceptors (Lipinski definition) is 1. The topological polar surface area (TPSA) is 23.8 Å². The van der Waals surface area contributed by atoms with E-state index in [1.807, 2.05) is 0 Å². The van der Waals surface area contributed by atoms with Crippen molar-refractivity contribution in [3.8, 4) is 6.07 Å². The lowest BCUT2D eigenvalue weighted by atomic mass is 9.58. The van der Waals surface area contributed by atoms with Crippen molar-refractivity contribution in [2.75, 3.05) is 0 Å². The molecule has 3 rings (SSSR count). The maximum Gasteiger partial charge on any atom is 0.0690 e. The van der Waals surface area contributed by atoms with Crippen LogP contribution in [0.1, 0.15) is 46.0 Å². The molecule has 12 heavy (non-hydrogen) atoms. The molecule has 3 fully saturated rings. The summed E-state index contributed by atoms with van der Waals surface area (Å²) in [7, 11) is 0. The van der Waals surface area contributed by atoms with E-state index in [2.05, 4.69) is 19.9 Å². The van der Waals surface area contributed by atoms with E-state index >= 15 is 0 Å². The molecule has 0 unspecified atom stereocenters. The first kappa shape index (κ1) is 8.10. The van der Waals surface area contributed by atoms with Crippen LogP contribution in [0.2, 0.25) is 0 Å². The fourth-order valence-electron chi connectivity index (χ4n) is 3.49. The summed E-state index contributed by atoms with van der Waals surface area (Å²) in [6, 6.07) is 2.50. The van der Waals surface area contributed by atoms with Crippen molar-refractivity contribution in [3.05, 3.63) is 0 Å². The molecule has 0 saturated heterocycles. The van der Waals surface area contributed by atoms with E-state index in [-0.39, 0.29) is 5.41 Å². The molecular weight excluding hydrogens is 146 g/mol. The van der Waals surface area contributed by atoms with Crippen molar-refractivity contribution >= 4 is 0 Å². The van der Waals surface area contributed by atoms with E-state index < -0.39 is 0 Å². The summed E-state index contributed by atoms with van der Waals surface area (Å²) in [6.07, 6.45) is 6.24. The monoisotopic (exact) mass is 163 g/mol. The standard InChI is InChI=1S/C11H17N/c1-9(2)5-10-3-4-11(6-10,7-10)8-12/h9H,3-7H2,1-2H3. The smallest absolute Gasteiger partial charge is 0.0690 e. The Morgan fingerprint density at radius 2 is 2.00 bits per heavy atom. The molecule has 3 aliphatic carbocycles. The first-order valence-corrected chi connectivity index (χ1v) is 5.01. The van der Waals surface area contributed by atoms with Crippen LogP contribution in [-0.4, -0.2) is 0 Å². The molecule has 0 aliphatic heterocycles. The van der Waals surface area contributed by atoms with Crippen molar-refractivity contribution in [2.45, 2.75) is 46.0 Å². The lowest BCUT2D eigenvalue weighted by molar-refractivity contribution is 0.0683. The van der Waals surface area contributed by atoms with Crippen LogP contribution in [0.3, 0.4) is 0 Å². The Bertz CT molecular complexity index is 228. The average Bonchev–Trinajstić information content (AvgIpc) is 2.40. The third-order valence-corrected chi connectivity index (χ3v) is 3.64. The molecule has 0 spiro atoms. The largest absolute Gasteiger partial charge is 0.198 e. The number of nitriles is 1. The van der Waals surface area contributed by atoms with Crippen LogP contribution >= 0.6 is 0 Å². The molecule has 1 heteroatoms. The molecule has 0 radical (unpaired) electrons. The number of nitrogens with zero attached hydrogens (tertiary/aromatic N) is 1. The van der Waals surface area contributed by atoms with Gasteiger partial charge in [0.15, 0.2) is 0 Å². The van der Waals surface area contributed by atoms with Crippen LogP contribution < -0.4 is 0 Å². The van der Waals surface area contributed by atoms with E-state index in [0.29, 0.717) is 5.41 Å². The van der Waals surface area contributed by atoms with Gasteiger partial charge < -0.3 is 0 Å². The van der Waals surface area contributed by atoms with Gasteiger partial charge in [-0.1, -0.05) is 13.8 Å². The van der Waals surface area contributed by atoms with E-state index in [1.54, 1.807) is 0 Å². The van der Waals surface area contributed by atoms with Gasteiger partial charge in [0.2, 0.25) is 0 Å². The highest BCUT2D eigenvalue weighted by Gasteiger charge is 2.60. The maximum absolute atomic E-state index is 8.96.